The van der Waals surface area contributed by atoms with Gasteiger partial charge in [-0.2, -0.15) is 11.8 Å². The molecule has 2 rings (SSSR count). The van der Waals surface area contributed by atoms with Gasteiger partial charge in [0.1, 0.15) is 17.7 Å². The lowest BCUT2D eigenvalue weighted by molar-refractivity contribution is -0.149. The van der Waals surface area contributed by atoms with Crippen molar-refractivity contribution in [3.8, 4) is 0 Å². The zero-order valence-corrected chi connectivity index (χ0v) is 16.4. The third kappa shape index (κ3) is 7.19. The van der Waals surface area contributed by atoms with Crippen LogP contribution in [0, 0.1) is 11.6 Å². The molecule has 0 aliphatic rings. The molecule has 1 atom stereocenters. The summed E-state index contributed by atoms with van der Waals surface area (Å²) in [4.78, 5) is 36.5. The Morgan fingerprint density at radius 3 is 2.48 bits per heavy atom. The van der Waals surface area contributed by atoms with E-state index in [1.54, 1.807) is 30.3 Å². The number of esters is 1. The molecule has 0 aromatic heterocycles. The minimum absolute atomic E-state index is 0.233. The summed E-state index contributed by atoms with van der Waals surface area (Å²) in [6.45, 7) is -0.674. The normalized spacial score (nSPS) is 11.4. The van der Waals surface area contributed by atoms with Gasteiger partial charge in [0.2, 0.25) is 0 Å². The molecule has 2 aromatic carbocycles. The molecule has 0 saturated carbocycles. The van der Waals surface area contributed by atoms with Crippen molar-refractivity contribution in [1.29, 1.82) is 0 Å². The van der Waals surface area contributed by atoms with Crippen LogP contribution >= 0.6 is 11.8 Å². The maximum atomic E-state index is 13.6. The van der Waals surface area contributed by atoms with Crippen LogP contribution in [0.25, 0.3) is 0 Å². The Kier molecular flexibility index (Phi) is 8.60. The van der Waals surface area contributed by atoms with Gasteiger partial charge < -0.3 is 15.4 Å². The molecule has 2 N–H and O–H groups in total. The Hall–Kier alpha value is -2.94. The maximum absolute atomic E-state index is 13.6. The lowest BCUT2D eigenvalue weighted by Crippen LogP contribution is -2.43. The lowest BCUT2D eigenvalue weighted by atomic mass is 10.1. The number of carbonyl (C=O) groups excluding carboxylic acids is 3. The van der Waals surface area contributed by atoms with Gasteiger partial charge in [-0.3, -0.25) is 9.59 Å². The van der Waals surface area contributed by atoms with E-state index in [2.05, 4.69) is 10.6 Å². The third-order valence-electron chi connectivity index (χ3n) is 3.79. The van der Waals surface area contributed by atoms with E-state index >= 15 is 0 Å². The second-order valence-corrected chi connectivity index (χ2v) is 6.94. The zero-order valence-electron chi connectivity index (χ0n) is 15.6. The van der Waals surface area contributed by atoms with Crippen LogP contribution in [0.3, 0.4) is 0 Å². The largest absolute Gasteiger partial charge is 0.454 e. The smallest absolute Gasteiger partial charge is 0.329 e. The number of thioether (sulfide) groups is 1. The van der Waals surface area contributed by atoms with Gasteiger partial charge in [-0.05, 0) is 42.7 Å². The quantitative estimate of drug-likeness (QED) is 0.607. The van der Waals surface area contributed by atoms with Crippen molar-refractivity contribution in [2.45, 2.75) is 12.5 Å². The SMILES string of the molecule is CSCCC(NC(=O)c1ccccc1)C(=O)OCC(=O)Nc1ccc(F)cc1F. The molecule has 0 radical (unpaired) electrons. The number of hydrogen-bond acceptors (Lipinski definition) is 5. The fourth-order valence-corrected chi connectivity index (χ4v) is 2.80. The summed E-state index contributed by atoms with van der Waals surface area (Å²) in [5, 5.41) is 4.79. The predicted molar refractivity (Wildman–Crippen MR) is 107 cm³/mol. The highest BCUT2D eigenvalue weighted by atomic mass is 32.2. The zero-order chi connectivity index (χ0) is 21.2. The number of carbonyl (C=O) groups is 3. The lowest BCUT2D eigenvalue weighted by Gasteiger charge is -2.17. The van der Waals surface area contributed by atoms with Crippen molar-refractivity contribution in [1.82, 2.24) is 5.32 Å². The van der Waals surface area contributed by atoms with E-state index < -0.39 is 42.1 Å². The van der Waals surface area contributed by atoms with Gasteiger partial charge in [0, 0.05) is 11.6 Å². The summed E-state index contributed by atoms with van der Waals surface area (Å²) in [6, 6.07) is 10.1. The molecule has 0 aliphatic heterocycles. The second kappa shape index (κ2) is 11.2. The van der Waals surface area contributed by atoms with Gasteiger partial charge in [-0.15, -0.1) is 0 Å². The molecular formula is C20H20F2N2O4S. The van der Waals surface area contributed by atoms with Crippen molar-refractivity contribution < 1.29 is 27.9 Å². The number of nitrogens with one attached hydrogen (secondary N) is 2. The van der Waals surface area contributed by atoms with Crippen LogP contribution in [0.1, 0.15) is 16.8 Å². The van der Waals surface area contributed by atoms with Crippen LogP contribution in [0.4, 0.5) is 14.5 Å². The molecule has 0 bridgehead atoms. The number of amides is 2. The van der Waals surface area contributed by atoms with Crippen molar-refractivity contribution in [3.05, 3.63) is 65.7 Å². The van der Waals surface area contributed by atoms with Crippen LogP contribution in [0.15, 0.2) is 48.5 Å². The van der Waals surface area contributed by atoms with Crippen LogP contribution < -0.4 is 10.6 Å². The van der Waals surface area contributed by atoms with E-state index in [4.69, 9.17) is 4.74 Å². The summed E-state index contributed by atoms with van der Waals surface area (Å²) in [7, 11) is 0. The fourth-order valence-electron chi connectivity index (χ4n) is 2.33. The van der Waals surface area contributed by atoms with E-state index in [1.807, 2.05) is 6.26 Å². The molecule has 154 valence electrons. The Morgan fingerprint density at radius 1 is 1.10 bits per heavy atom. The molecule has 0 heterocycles. The Labute approximate surface area is 171 Å². The highest BCUT2D eigenvalue weighted by molar-refractivity contribution is 7.98. The molecule has 1 unspecified atom stereocenters. The average Bonchev–Trinajstić information content (AvgIpc) is 2.71. The molecular weight excluding hydrogens is 402 g/mol. The van der Waals surface area contributed by atoms with E-state index in [1.165, 1.54) is 11.8 Å². The topological polar surface area (TPSA) is 84.5 Å². The number of rotatable bonds is 9. The highest BCUT2D eigenvalue weighted by Gasteiger charge is 2.23. The van der Waals surface area contributed by atoms with Crippen LogP contribution in [-0.2, 0) is 14.3 Å². The van der Waals surface area contributed by atoms with Crippen molar-refractivity contribution in [2.75, 3.05) is 23.9 Å². The van der Waals surface area contributed by atoms with Crippen LogP contribution in [-0.4, -0.2) is 42.4 Å². The Morgan fingerprint density at radius 2 is 1.83 bits per heavy atom. The summed E-state index contributed by atoms with van der Waals surface area (Å²) in [6.07, 6.45) is 2.17. The molecule has 2 aromatic rings. The van der Waals surface area contributed by atoms with Gasteiger partial charge in [-0.1, -0.05) is 18.2 Å². The van der Waals surface area contributed by atoms with Gasteiger partial charge >= 0.3 is 5.97 Å². The van der Waals surface area contributed by atoms with Gasteiger partial charge in [0.15, 0.2) is 6.61 Å². The summed E-state index contributed by atoms with van der Waals surface area (Å²) in [5.74, 6) is -3.15. The predicted octanol–water partition coefficient (Wildman–Crippen LogP) is 3.00. The molecule has 0 spiro atoms. The first-order valence-electron chi connectivity index (χ1n) is 8.67. The fraction of sp³-hybridized carbons (Fsp3) is 0.250. The van der Waals surface area contributed by atoms with Crippen molar-refractivity contribution >= 4 is 35.2 Å². The van der Waals surface area contributed by atoms with E-state index in [-0.39, 0.29) is 5.69 Å². The number of anilines is 1. The van der Waals surface area contributed by atoms with Crippen LogP contribution in [0.2, 0.25) is 0 Å². The molecule has 0 saturated heterocycles. The first-order chi connectivity index (χ1) is 13.9. The first-order valence-corrected chi connectivity index (χ1v) is 10.1. The molecule has 29 heavy (non-hydrogen) atoms. The Balaban J connectivity index is 1.92. The monoisotopic (exact) mass is 422 g/mol. The third-order valence-corrected chi connectivity index (χ3v) is 4.43. The van der Waals surface area contributed by atoms with Gasteiger partial charge in [0.25, 0.3) is 11.8 Å². The number of benzene rings is 2. The van der Waals surface area contributed by atoms with Crippen molar-refractivity contribution in [2.24, 2.45) is 0 Å². The van der Waals surface area contributed by atoms with Gasteiger partial charge in [-0.25, -0.2) is 13.6 Å². The number of halogens is 2. The molecule has 6 nitrogen and oxygen atoms in total. The summed E-state index contributed by atoms with van der Waals surface area (Å²) in [5.41, 5.74) is 0.155. The first kappa shape index (κ1) is 22.4. The molecule has 0 aliphatic carbocycles. The maximum Gasteiger partial charge on any atom is 0.329 e. The van der Waals surface area contributed by atoms with E-state index in [0.29, 0.717) is 23.8 Å². The number of ether oxygens (including phenoxy) is 1. The highest BCUT2D eigenvalue weighted by Crippen LogP contribution is 2.14. The van der Waals surface area contributed by atoms with E-state index in [9.17, 15) is 23.2 Å². The second-order valence-electron chi connectivity index (χ2n) is 5.95. The average molecular weight is 422 g/mol. The number of hydrogen-bond donors (Lipinski definition) is 2. The summed E-state index contributed by atoms with van der Waals surface area (Å²) < 4.78 is 31.4. The minimum atomic E-state index is -0.947. The van der Waals surface area contributed by atoms with Crippen molar-refractivity contribution in [3.63, 3.8) is 0 Å². The minimum Gasteiger partial charge on any atom is -0.454 e. The Bertz CT molecular complexity index is 865. The van der Waals surface area contributed by atoms with E-state index in [0.717, 1.165) is 12.1 Å². The molecule has 2 amide bonds. The van der Waals surface area contributed by atoms with Crippen LogP contribution in [0.5, 0.6) is 0 Å². The molecule has 0 fully saturated rings. The summed E-state index contributed by atoms with van der Waals surface area (Å²) >= 11 is 1.49. The van der Waals surface area contributed by atoms with Gasteiger partial charge in [0.05, 0.1) is 5.69 Å². The molecule has 9 heteroatoms. The standard InChI is InChI=1S/C20H20F2N2O4S/c1-29-10-9-17(24-19(26)13-5-3-2-4-6-13)20(27)28-12-18(25)23-16-8-7-14(21)11-15(16)22/h2-8,11,17H,9-10,12H2,1H3,(H,23,25)(H,24,26).